The van der Waals surface area contributed by atoms with Crippen LogP contribution in [0.5, 0.6) is 0 Å². The van der Waals surface area contributed by atoms with Crippen molar-refractivity contribution in [3.8, 4) is 11.4 Å². The standard InChI is InChI=1S/C13H11N3O2S2/c17-20(18,12-5-2-8-19-12)16-11-4-1-3-10(9-11)13-14-6-7-15-13/h1-9,16H,(H,14,15). The number of hydrogen-bond donors (Lipinski definition) is 2. The van der Waals surface area contributed by atoms with Gasteiger partial charge in [0.2, 0.25) is 0 Å². The molecule has 2 N–H and O–H groups in total. The van der Waals surface area contributed by atoms with Gasteiger partial charge in [0, 0.05) is 23.6 Å². The van der Waals surface area contributed by atoms with Crippen molar-refractivity contribution in [2.45, 2.75) is 4.21 Å². The fraction of sp³-hybridized carbons (Fsp3) is 0. The van der Waals surface area contributed by atoms with Gasteiger partial charge < -0.3 is 4.98 Å². The lowest BCUT2D eigenvalue weighted by Gasteiger charge is -2.07. The summed E-state index contributed by atoms with van der Waals surface area (Å²) >= 11 is 1.18. The molecule has 0 radical (unpaired) electrons. The van der Waals surface area contributed by atoms with Crippen LogP contribution in [0.2, 0.25) is 0 Å². The van der Waals surface area contributed by atoms with Crippen molar-refractivity contribution in [1.29, 1.82) is 0 Å². The fourth-order valence-corrected chi connectivity index (χ4v) is 3.82. The summed E-state index contributed by atoms with van der Waals surface area (Å²) < 4.78 is 27.1. The molecular formula is C13H11N3O2S2. The average molecular weight is 305 g/mol. The highest BCUT2D eigenvalue weighted by Gasteiger charge is 2.15. The van der Waals surface area contributed by atoms with Gasteiger partial charge in [0.15, 0.2) is 0 Å². The second kappa shape index (κ2) is 5.10. The van der Waals surface area contributed by atoms with Gasteiger partial charge in [-0.25, -0.2) is 13.4 Å². The molecule has 0 unspecified atom stereocenters. The van der Waals surface area contributed by atoms with Crippen molar-refractivity contribution in [3.63, 3.8) is 0 Å². The number of thiophene rings is 1. The van der Waals surface area contributed by atoms with E-state index in [0.717, 1.165) is 5.56 Å². The van der Waals surface area contributed by atoms with E-state index in [4.69, 9.17) is 0 Å². The molecule has 2 aromatic heterocycles. The Hall–Kier alpha value is -2.12. The Morgan fingerprint density at radius 3 is 2.80 bits per heavy atom. The number of aromatic amines is 1. The molecule has 0 bridgehead atoms. The molecule has 7 heteroatoms. The Balaban J connectivity index is 1.91. The van der Waals surface area contributed by atoms with E-state index in [1.54, 1.807) is 48.1 Å². The number of H-pyrrole nitrogens is 1. The number of imidazole rings is 1. The summed E-state index contributed by atoms with van der Waals surface area (Å²) in [5.41, 5.74) is 1.33. The summed E-state index contributed by atoms with van der Waals surface area (Å²) in [5, 5.41) is 1.73. The van der Waals surface area contributed by atoms with Crippen LogP contribution in [0.1, 0.15) is 0 Å². The van der Waals surface area contributed by atoms with Crippen molar-refractivity contribution < 1.29 is 8.42 Å². The molecule has 0 saturated heterocycles. The number of rotatable bonds is 4. The van der Waals surface area contributed by atoms with Gasteiger partial charge >= 0.3 is 0 Å². The molecule has 3 aromatic rings. The van der Waals surface area contributed by atoms with Crippen LogP contribution in [0, 0.1) is 0 Å². The van der Waals surface area contributed by atoms with Gasteiger partial charge in [0.25, 0.3) is 10.0 Å². The van der Waals surface area contributed by atoms with Gasteiger partial charge in [-0.05, 0) is 23.6 Å². The predicted molar refractivity (Wildman–Crippen MR) is 79.2 cm³/mol. The van der Waals surface area contributed by atoms with Crippen molar-refractivity contribution in [1.82, 2.24) is 9.97 Å². The van der Waals surface area contributed by atoms with Gasteiger partial charge in [-0.1, -0.05) is 18.2 Å². The Morgan fingerprint density at radius 2 is 2.10 bits per heavy atom. The Morgan fingerprint density at radius 1 is 1.20 bits per heavy atom. The minimum Gasteiger partial charge on any atom is -0.345 e. The molecule has 0 saturated carbocycles. The molecule has 0 aliphatic rings. The summed E-state index contributed by atoms with van der Waals surface area (Å²) in [4.78, 5) is 7.13. The molecule has 1 aromatic carbocycles. The summed E-state index contributed by atoms with van der Waals surface area (Å²) in [7, 11) is -3.52. The SMILES string of the molecule is O=S(=O)(Nc1cccc(-c2ncc[nH]2)c1)c1cccs1. The number of nitrogens with zero attached hydrogens (tertiary/aromatic N) is 1. The summed E-state index contributed by atoms with van der Waals surface area (Å²) in [6.45, 7) is 0. The van der Waals surface area contributed by atoms with Crippen molar-refractivity contribution >= 4 is 27.0 Å². The number of aromatic nitrogens is 2. The van der Waals surface area contributed by atoms with E-state index in [2.05, 4.69) is 14.7 Å². The third-order valence-electron chi connectivity index (χ3n) is 2.65. The first-order valence-electron chi connectivity index (χ1n) is 5.81. The van der Waals surface area contributed by atoms with Gasteiger partial charge in [0.05, 0.1) is 0 Å². The van der Waals surface area contributed by atoms with Crippen LogP contribution in [0.25, 0.3) is 11.4 Å². The molecule has 20 heavy (non-hydrogen) atoms. The van der Waals surface area contributed by atoms with E-state index in [1.165, 1.54) is 11.3 Å². The van der Waals surface area contributed by atoms with E-state index in [1.807, 2.05) is 6.07 Å². The van der Waals surface area contributed by atoms with E-state index in [0.29, 0.717) is 15.7 Å². The number of benzene rings is 1. The van der Waals surface area contributed by atoms with Gasteiger partial charge in [-0.2, -0.15) is 0 Å². The number of sulfonamides is 1. The number of hydrogen-bond acceptors (Lipinski definition) is 4. The Labute approximate surface area is 120 Å². The molecule has 0 fully saturated rings. The predicted octanol–water partition coefficient (Wildman–Crippen LogP) is 2.94. The van der Waals surface area contributed by atoms with Crippen LogP contribution >= 0.6 is 11.3 Å². The first-order chi connectivity index (χ1) is 9.65. The summed E-state index contributed by atoms with van der Waals surface area (Å²) in [6, 6.07) is 10.4. The second-order valence-electron chi connectivity index (χ2n) is 4.06. The van der Waals surface area contributed by atoms with E-state index in [9.17, 15) is 8.42 Å². The summed E-state index contributed by atoms with van der Waals surface area (Å²) in [5.74, 6) is 0.696. The second-order valence-corrected chi connectivity index (χ2v) is 6.91. The molecule has 3 rings (SSSR count). The third-order valence-corrected chi connectivity index (χ3v) is 5.43. The molecule has 102 valence electrons. The Kier molecular flexibility index (Phi) is 3.29. The zero-order valence-corrected chi connectivity index (χ0v) is 11.9. The molecule has 0 amide bonds. The normalized spacial score (nSPS) is 11.4. The smallest absolute Gasteiger partial charge is 0.271 e. The lowest BCUT2D eigenvalue weighted by molar-refractivity contribution is 0.603. The number of anilines is 1. The molecule has 0 aliphatic carbocycles. The molecule has 0 spiro atoms. The van der Waals surface area contributed by atoms with Crippen LogP contribution in [-0.4, -0.2) is 18.4 Å². The zero-order chi connectivity index (χ0) is 14.0. The van der Waals surface area contributed by atoms with E-state index >= 15 is 0 Å². The topological polar surface area (TPSA) is 74.8 Å². The van der Waals surface area contributed by atoms with Crippen molar-refractivity contribution in [2.24, 2.45) is 0 Å². The van der Waals surface area contributed by atoms with E-state index in [-0.39, 0.29) is 0 Å². The van der Waals surface area contributed by atoms with Crippen LogP contribution in [0.4, 0.5) is 5.69 Å². The highest BCUT2D eigenvalue weighted by molar-refractivity contribution is 7.94. The van der Waals surface area contributed by atoms with Crippen LogP contribution in [-0.2, 0) is 10.0 Å². The lowest BCUT2D eigenvalue weighted by atomic mass is 10.2. The van der Waals surface area contributed by atoms with Crippen molar-refractivity contribution in [2.75, 3.05) is 4.72 Å². The molecule has 0 atom stereocenters. The largest absolute Gasteiger partial charge is 0.345 e. The molecule has 2 heterocycles. The maximum absolute atomic E-state index is 12.1. The molecule has 0 aliphatic heterocycles. The fourth-order valence-electron chi connectivity index (χ4n) is 1.77. The third kappa shape index (κ3) is 2.59. The monoisotopic (exact) mass is 305 g/mol. The highest BCUT2D eigenvalue weighted by Crippen LogP contribution is 2.23. The zero-order valence-electron chi connectivity index (χ0n) is 10.3. The quantitative estimate of drug-likeness (QED) is 0.778. The van der Waals surface area contributed by atoms with Crippen molar-refractivity contribution in [3.05, 3.63) is 54.2 Å². The van der Waals surface area contributed by atoms with Gasteiger partial charge in [-0.15, -0.1) is 11.3 Å². The first kappa shape index (κ1) is 12.9. The van der Waals surface area contributed by atoms with Gasteiger partial charge in [0.1, 0.15) is 10.0 Å². The van der Waals surface area contributed by atoms with Crippen LogP contribution in [0.3, 0.4) is 0 Å². The average Bonchev–Trinajstić information content (AvgIpc) is 3.12. The maximum atomic E-state index is 12.1. The molecule has 5 nitrogen and oxygen atoms in total. The minimum absolute atomic E-state index is 0.293. The van der Waals surface area contributed by atoms with Gasteiger partial charge in [-0.3, -0.25) is 4.72 Å². The van der Waals surface area contributed by atoms with Crippen LogP contribution in [0.15, 0.2) is 58.4 Å². The van der Waals surface area contributed by atoms with E-state index < -0.39 is 10.0 Å². The lowest BCUT2D eigenvalue weighted by Crippen LogP contribution is -2.11. The summed E-state index contributed by atoms with van der Waals surface area (Å²) in [6.07, 6.45) is 3.37. The number of nitrogens with one attached hydrogen (secondary N) is 2. The minimum atomic E-state index is -3.52. The highest BCUT2D eigenvalue weighted by atomic mass is 32.2. The maximum Gasteiger partial charge on any atom is 0.271 e. The first-order valence-corrected chi connectivity index (χ1v) is 8.17. The Bertz CT molecular complexity index is 794. The van der Waals surface area contributed by atoms with Crippen LogP contribution < -0.4 is 4.72 Å². The molecular weight excluding hydrogens is 294 g/mol.